The summed E-state index contributed by atoms with van der Waals surface area (Å²) in [5.41, 5.74) is 2.26. The Morgan fingerprint density at radius 2 is 2.07 bits per heavy atom. The number of benzene rings is 1. The van der Waals surface area contributed by atoms with Crippen molar-refractivity contribution in [2.75, 3.05) is 19.0 Å². The third kappa shape index (κ3) is 2.00. The van der Waals surface area contributed by atoms with E-state index in [1.54, 1.807) is 6.07 Å². The molecule has 0 amide bonds. The largest absolute Gasteiger partial charge is 0.506 e. The second-order valence-corrected chi connectivity index (χ2v) is 4.36. The Kier molecular flexibility index (Phi) is 2.36. The van der Waals surface area contributed by atoms with Gasteiger partial charge in [0.1, 0.15) is 5.75 Å². The van der Waals surface area contributed by atoms with Crippen LogP contribution in [0, 0.1) is 5.92 Å². The number of aromatic hydroxyl groups is 1. The molecule has 2 rings (SSSR count). The van der Waals surface area contributed by atoms with Gasteiger partial charge in [0, 0.05) is 14.1 Å². The smallest absolute Gasteiger partial charge is 0.138 e. The highest BCUT2D eigenvalue weighted by molar-refractivity contribution is 5.58. The molecule has 1 fully saturated rings. The van der Waals surface area contributed by atoms with E-state index in [2.05, 4.69) is 6.07 Å². The molecule has 2 nitrogen and oxygen atoms in total. The Bertz CT molecular complexity index is 329. The number of hydrogen-bond donors (Lipinski definition) is 1. The van der Waals surface area contributed by atoms with Gasteiger partial charge < -0.3 is 10.0 Å². The van der Waals surface area contributed by atoms with Crippen LogP contribution in [0.4, 0.5) is 5.69 Å². The van der Waals surface area contributed by atoms with E-state index in [9.17, 15) is 5.11 Å². The summed E-state index contributed by atoms with van der Waals surface area (Å²) in [6, 6.07) is 5.92. The van der Waals surface area contributed by atoms with Crippen molar-refractivity contribution < 1.29 is 5.11 Å². The third-order valence-electron chi connectivity index (χ3n) is 2.74. The first-order valence-electron chi connectivity index (χ1n) is 5.16. The highest BCUT2D eigenvalue weighted by Crippen LogP contribution is 2.34. The maximum Gasteiger partial charge on any atom is 0.138 e. The van der Waals surface area contributed by atoms with Gasteiger partial charge in [0.2, 0.25) is 0 Å². The molecule has 0 spiro atoms. The van der Waals surface area contributed by atoms with Gasteiger partial charge in [0.05, 0.1) is 5.69 Å². The van der Waals surface area contributed by atoms with Crippen LogP contribution in [0.3, 0.4) is 0 Å². The van der Waals surface area contributed by atoms with Gasteiger partial charge >= 0.3 is 0 Å². The molecule has 14 heavy (non-hydrogen) atoms. The lowest BCUT2D eigenvalue weighted by molar-refractivity contribution is 0.475. The lowest BCUT2D eigenvalue weighted by atomic mass is 10.1. The normalized spacial score (nSPS) is 15.6. The number of phenols is 1. The minimum absolute atomic E-state index is 0.370. The molecule has 0 aliphatic heterocycles. The number of nitrogens with zero attached hydrogens (tertiary/aromatic N) is 1. The molecule has 1 aromatic rings. The Labute approximate surface area is 85.2 Å². The summed E-state index contributed by atoms with van der Waals surface area (Å²) < 4.78 is 0. The standard InChI is InChI=1S/C12H17NO/c1-13(2)11-8-10(5-6-12(11)14)7-9-3-4-9/h5-6,8-9,14H,3-4,7H2,1-2H3. The molecule has 0 saturated heterocycles. The molecule has 0 radical (unpaired) electrons. The zero-order valence-electron chi connectivity index (χ0n) is 8.83. The quantitative estimate of drug-likeness (QED) is 0.793. The predicted octanol–water partition coefficient (Wildman–Crippen LogP) is 2.41. The van der Waals surface area contributed by atoms with E-state index in [4.69, 9.17) is 0 Å². The van der Waals surface area contributed by atoms with Crippen LogP contribution in [0.2, 0.25) is 0 Å². The Morgan fingerprint density at radius 3 is 2.64 bits per heavy atom. The molecule has 1 N–H and O–H groups in total. The summed E-state index contributed by atoms with van der Waals surface area (Å²) in [5, 5.41) is 9.61. The van der Waals surface area contributed by atoms with Crippen LogP contribution < -0.4 is 4.90 Å². The number of anilines is 1. The average molecular weight is 191 g/mol. The van der Waals surface area contributed by atoms with Crippen LogP contribution >= 0.6 is 0 Å². The number of phenolic OH excluding ortho intramolecular Hbond substituents is 1. The van der Waals surface area contributed by atoms with Crippen LogP contribution in [0.5, 0.6) is 5.75 Å². The molecule has 1 aromatic carbocycles. The van der Waals surface area contributed by atoms with Crippen LogP contribution in [0.15, 0.2) is 18.2 Å². The summed E-state index contributed by atoms with van der Waals surface area (Å²) in [5.74, 6) is 1.27. The second kappa shape index (κ2) is 3.52. The fraction of sp³-hybridized carbons (Fsp3) is 0.500. The maximum absolute atomic E-state index is 9.61. The first-order valence-corrected chi connectivity index (χ1v) is 5.16. The molecule has 2 heteroatoms. The van der Waals surface area contributed by atoms with Crippen molar-refractivity contribution in [3.63, 3.8) is 0 Å². The predicted molar refractivity (Wildman–Crippen MR) is 58.9 cm³/mol. The third-order valence-corrected chi connectivity index (χ3v) is 2.74. The van der Waals surface area contributed by atoms with Gasteiger partial charge in [-0.1, -0.05) is 6.07 Å². The lowest BCUT2D eigenvalue weighted by Crippen LogP contribution is -2.09. The minimum atomic E-state index is 0.370. The fourth-order valence-corrected chi connectivity index (χ4v) is 1.71. The van der Waals surface area contributed by atoms with Crippen LogP contribution in [0.25, 0.3) is 0 Å². The van der Waals surface area contributed by atoms with E-state index in [0.717, 1.165) is 11.6 Å². The van der Waals surface area contributed by atoms with Crippen molar-refractivity contribution in [3.05, 3.63) is 23.8 Å². The van der Waals surface area contributed by atoms with Crippen molar-refractivity contribution in [2.45, 2.75) is 19.3 Å². The van der Waals surface area contributed by atoms with Crippen molar-refractivity contribution >= 4 is 5.69 Å². The number of hydrogen-bond acceptors (Lipinski definition) is 2. The SMILES string of the molecule is CN(C)c1cc(CC2CC2)ccc1O. The summed E-state index contributed by atoms with van der Waals surface area (Å²) in [6.07, 6.45) is 3.91. The van der Waals surface area contributed by atoms with Gasteiger partial charge in [0.25, 0.3) is 0 Å². The molecule has 0 heterocycles. The summed E-state index contributed by atoms with van der Waals surface area (Å²) >= 11 is 0. The van der Waals surface area contributed by atoms with Crippen molar-refractivity contribution in [2.24, 2.45) is 5.92 Å². The van der Waals surface area contributed by atoms with Gasteiger partial charge in [-0.05, 0) is 42.9 Å². The topological polar surface area (TPSA) is 23.5 Å². The fourth-order valence-electron chi connectivity index (χ4n) is 1.71. The van der Waals surface area contributed by atoms with Crippen molar-refractivity contribution in [1.29, 1.82) is 0 Å². The lowest BCUT2D eigenvalue weighted by Gasteiger charge is -2.15. The molecule has 1 aliphatic carbocycles. The van der Waals surface area contributed by atoms with Gasteiger partial charge in [-0.15, -0.1) is 0 Å². The zero-order chi connectivity index (χ0) is 10.1. The van der Waals surface area contributed by atoms with Crippen LogP contribution in [0.1, 0.15) is 18.4 Å². The molecule has 1 aliphatic rings. The van der Waals surface area contributed by atoms with Crippen LogP contribution in [-0.4, -0.2) is 19.2 Å². The van der Waals surface area contributed by atoms with Gasteiger partial charge in [0.15, 0.2) is 0 Å². The molecular formula is C12H17NO. The van der Waals surface area contributed by atoms with E-state index < -0.39 is 0 Å². The first kappa shape index (κ1) is 9.38. The Balaban J connectivity index is 2.20. The first-order chi connectivity index (χ1) is 6.66. The molecule has 0 atom stereocenters. The Morgan fingerprint density at radius 1 is 1.36 bits per heavy atom. The minimum Gasteiger partial charge on any atom is -0.506 e. The monoisotopic (exact) mass is 191 g/mol. The molecule has 1 saturated carbocycles. The van der Waals surface area contributed by atoms with Gasteiger partial charge in [-0.25, -0.2) is 0 Å². The zero-order valence-corrected chi connectivity index (χ0v) is 8.83. The van der Waals surface area contributed by atoms with E-state index in [0.29, 0.717) is 5.75 Å². The van der Waals surface area contributed by atoms with E-state index in [-0.39, 0.29) is 0 Å². The maximum atomic E-state index is 9.61. The van der Waals surface area contributed by atoms with E-state index in [1.807, 2.05) is 25.1 Å². The van der Waals surface area contributed by atoms with Crippen LogP contribution in [-0.2, 0) is 6.42 Å². The summed E-state index contributed by atoms with van der Waals surface area (Å²) in [6.45, 7) is 0. The molecule has 0 unspecified atom stereocenters. The molecular weight excluding hydrogens is 174 g/mol. The number of rotatable bonds is 3. The van der Waals surface area contributed by atoms with Gasteiger partial charge in [-0.2, -0.15) is 0 Å². The van der Waals surface area contributed by atoms with Crippen molar-refractivity contribution in [3.8, 4) is 5.75 Å². The average Bonchev–Trinajstić information content (AvgIpc) is 2.92. The molecule has 76 valence electrons. The summed E-state index contributed by atoms with van der Waals surface area (Å²) in [7, 11) is 3.91. The highest BCUT2D eigenvalue weighted by atomic mass is 16.3. The van der Waals surface area contributed by atoms with E-state index >= 15 is 0 Å². The Hall–Kier alpha value is -1.18. The highest BCUT2D eigenvalue weighted by Gasteiger charge is 2.21. The van der Waals surface area contributed by atoms with Gasteiger partial charge in [-0.3, -0.25) is 0 Å². The molecule has 0 aromatic heterocycles. The second-order valence-electron chi connectivity index (χ2n) is 4.36. The molecule has 0 bridgehead atoms. The van der Waals surface area contributed by atoms with E-state index in [1.165, 1.54) is 24.8 Å². The van der Waals surface area contributed by atoms with Crippen molar-refractivity contribution in [1.82, 2.24) is 0 Å². The summed E-state index contributed by atoms with van der Waals surface area (Å²) in [4.78, 5) is 1.95.